The molecule has 0 aliphatic carbocycles. The molecule has 18 heavy (non-hydrogen) atoms. The second-order valence-corrected chi connectivity index (χ2v) is 5.43. The summed E-state index contributed by atoms with van der Waals surface area (Å²) in [5, 5.41) is 9.65. The van der Waals surface area contributed by atoms with Crippen molar-refractivity contribution in [3.63, 3.8) is 0 Å². The van der Waals surface area contributed by atoms with Gasteiger partial charge in [0.2, 0.25) is 0 Å². The first kappa shape index (κ1) is 13.2. The van der Waals surface area contributed by atoms with Crippen molar-refractivity contribution in [3.05, 3.63) is 28.7 Å². The lowest BCUT2D eigenvalue weighted by atomic mass is 10.1. The minimum atomic E-state index is 0.200. The zero-order valence-corrected chi connectivity index (χ0v) is 11.8. The third-order valence-electron chi connectivity index (χ3n) is 2.78. The van der Waals surface area contributed by atoms with E-state index >= 15 is 0 Å². The van der Waals surface area contributed by atoms with Gasteiger partial charge in [0.15, 0.2) is 0 Å². The van der Waals surface area contributed by atoms with Gasteiger partial charge < -0.3 is 5.32 Å². The molecule has 5 nitrogen and oxygen atoms in total. The molecular formula is C12H19N5S. The van der Waals surface area contributed by atoms with E-state index in [2.05, 4.69) is 39.6 Å². The number of aromatic nitrogens is 4. The summed E-state index contributed by atoms with van der Waals surface area (Å²) in [5.41, 5.74) is 2.93. The molecular weight excluding hydrogens is 246 g/mol. The number of rotatable bonds is 6. The number of thiazole rings is 1. The average Bonchev–Trinajstić information content (AvgIpc) is 2.96. The van der Waals surface area contributed by atoms with E-state index in [0.717, 1.165) is 24.5 Å². The maximum atomic E-state index is 4.36. The van der Waals surface area contributed by atoms with Crippen LogP contribution >= 0.6 is 11.3 Å². The monoisotopic (exact) mass is 265 g/mol. The van der Waals surface area contributed by atoms with Crippen molar-refractivity contribution in [3.8, 4) is 0 Å². The third kappa shape index (κ3) is 3.14. The smallest absolute Gasteiger partial charge is 0.138 e. The van der Waals surface area contributed by atoms with Crippen molar-refractivity contribution >= 4 is 11.3 Å². The summed E-state index contributed by atoms with van der Waals surface area (Å²) in [6.07, 6.45) is 2.44. The van der Waals surface area contributed by atoms with Crippen LogP contribution in [-0.2, 0) is 13.0 Å². The van der Waals surface area contributed by atoms with Gasteiger partial charge in [0.1, 0.15) is 12.2 Å². The van der Waals surface area contributed by atoms with Gasteiger partial charge in [0, 0.05) is 18.3 Å². The summed E-state index contributed by atoms with van der Waals surface area (Å²) in [6, 6.07) is 0.200. The van der Waals surface area contributed by atoms with E-state index in [9.17, 15) is 0 Å². The highest BCUT2D eigenvalue weighted by atomic mass is 32.1. The average molecular weight is 265 g/mol. The van der Waals surface area contributed by atoms with E-state index in [-0.39, 0.29) is 6.04 Å². The van der Waals surface area contributed by atoms with E-state index in [4.69, 9.17) is 0 Å². The number of hydrogen-bond donors (Lipinski definition) is 1. The topological polar surface area (TPSA) is 55.6 Å². The summed E-state index contributed by atoms with van der Waals surface area (Å²) in [5.74, 6) is 1.58. The Morgan fingerprint density at radius 1 is 1.39 bits per heavy atom. The zero-order valence-electron chi connectivity index (χ0n) is 11.0. The van der Waals surface area contributed by atoms with Crippen LogP contribution in [0.25, 0.3) is 0 Å². The zero-order chi connectivity index (χ0) is 13.0. The molecule has 2 heterocycles. The molecule has 0 amide bonds. The van der Waals surface area contributed by atoms with Gasteiger partial charge in [-0.15, -0.1) is 11.3 Å². The Morgan fingerprint density at radius 2 is 2.22 bits per heavy atom. The molecule has 0 aliphatic rings. The van der Waals surface area contributed by atoms with Gasteiger partial charge in [-0.1, -0.05) is 13.8 Å². The quantitative estimate of drug-likeness (QED) is 0.866. The lowest BCUT2D eigenvalue weighted by molar-refractivity contribution is 0.450. The van der Waals surface area contributed by atoms with Gasteiger partial charge in [-0.05, 0) is 13.0 Å². The Bertz CT molecular complexity index is 463. The van der Waals surface area contributed by atoms with Crippen LogP contribution in [0.3, 0.4) is 0 Å². The normalized spacial score (nSPS) is 13.1. The van der Waals surface area contributed by atoms with Crippen LogP contribution in [0.2, 0.25) is 0 Å². The highest BCUT2D eigenvalue weighted by molar-refractivity contribution is 7.07. The first-order chi connectivity index (χ1) is 8.70. The fourth-order valence-corrected chi connectivity index (χ4v) is 2.48. The first-order valence-corrected chi connectivity index (χ1v) is 7.07. The Kier molecular flexibility index (Phi) is 4.43. The number of likely N-dealkylation sites (N-methyl/N-ethyl adjacent to an activating group) is 1. The van der Waals surface area contributed by atoms with Crippen molar-refractivity contribution in [1.29, 1.82) is 0 Å². The van der Waals surface area contributed by atoms with E-state index in [1.165, 1.54) is 0 Å². The molecule has 1 N–H and O–H groups in total. The summed E-state index contributed by atoms with van der Waals surface area (Å²) in [4.78, 5) is 8.71. The van der Waals surface area contributed by atoms with Gasteiger partial charge in [0.25, 0.3) is 0 Å². The fraction of sp³-hybridized carbons (Fsp3) is 0.583. The van der Waals surface area contributed by atoms with Crippen LogP contribution in [0.1, 0.15) is 31.4 Å². The molecule has 0 aromatic carbocycles. The molecule has 1 atom stereocenters. The van der Waals surface area contributed by atoms with Crippen molar-refractivity contribution in [1.82, 2.24) is 25.1 Å². The number of nitrogens with one attached hydrogen (secondary N) is 1. The lowest BCUT2D eigenvalue weighted by Crippen LogP contribution is -2.22. The summed E-state index contributed by atoms with van der Waals surface area (Å²) in [6.45, 7) is 5.27. The van der Waals surface area contributed by atoms with Crippen LogP contribution in [-0.4, -0.2) is 26.8 Å². The highest BCUT2D eigenvalue weighted by Crippen LogP contribution is 2.17. The molecule has 6 heteroatoms. The van der Waals surface area contributed by atoms with E-state index in [1.54, 1.807) is 17.7 Å². The minimum Gasteiger partial charge on any atom is -0.311 e. The molecule has 0 spiro atoms. The summed E-state index contributed by atoms with van der Waals surface area (Å²) < 4.78 is 1.99. The number of hydrogen-bond acceptors (Lipinski definition) is 5. The Morgan fingerprint density at radius 3 is 2.83 bits per heavy atom. The van der Waals surface area contributed by atoms with Crippen molar-refractivity contribution in [2.75, 3.05) is 7.05 Å². The van der Waals surface area contributed by atoms with Crippen LogP contribution < -0.4 is 5.32 Å². The van der Waals surface area contributed by atoms with Crippen LogP contribution in [0.4, 0.5) is 0 Å². The second-order valence-electron chi connectivity index (χ2n) is 4.71. The SMILES string of the molecule is CNC(Cc1ncnn1CC(C)C)c1cscn1. The standard InChI is InChI=1S/C12H19N5S/c1-9(2)5-17-12(14-7-16-17)4-10(13-3)11-6-18-8-15-11/h6-10,13H,4-5H2,1-3H3. The van der Waals surface area contributed by atoms with Crippen LogP contribution in [0.5, 0.6) is 0 Å². The highest BCUT2D eigenvalue weighted by Gasteiger charge is 2.16. The third-order valence-corrected chi connectivity index (χ3v) is 3.38. The largest absolute Gasteiger partial charge is 0.311 e. The first-order valence-electron chi connectivity index (χ1n) is 6.12. The van der Waals surface area contributed by atoms with Gasteiger partial charge in [-0.25, -0.2) is 14.6 Å². The molecule has 2 rings (SSSR count). The molecule has 0 radical (unpaired) electrons. The van der Waals surface area contributed by atoms with E-state index in [0.29, 0.717) is 5.92 Å². The summed E-state index contributed by atoms with van der Waals surface area (Å²) >= 11 is 1.62. The lowest BCUT2D eigenvalue weighted by Gasteiger charge is -2.14. The van der Waals surface area contributed by atoms with E-state index in [1.807, 2.05) is 17.2 Å². The van der Waals surface area contributed by atoms with Gasteiger partial charge in [-0.3, -0.25) is 0 Å². The Balaban J connectivity index is 2.10. The van der Waals surface area contributed by atoms with Crippen molar-refractivity contribution in [2.45, 2.75) is 32.9 Å². The van der Waals surface area contributed by atoms with E-state index < -0.39 is 0 Å². The maximum absolute atomic E-state index is 4.36. The van der Waals surface area contributed by atoms with Crippen LogP contribution in [0, 0.1) is 5.92 Å². The van der Waals surface area contributed by atoms with Gasteiger partial charge in [0.05, 0.1) is 17.2 Å². The van der Waals surface area contributed by atoms with Crippen molar-refractivity contribution < 1.29 is 0 Å². The molecule has 0 saturated carbocycles. The summed E-state index contributed by atoms with van der Waals surface area (Å²) in [7, 11) is 1.95. The van der Waals surface area contributed by atoms with Crippen LogP contribution in [0.15, 0.2) is 17.2 Å². The predicted molar refractivity (Wildman–Crippen MR) is 72.5 cm³/mol. The second kappa shape index (κ2) is 6.06. The molecule has 0 aliphatic heterocycles. The molecule has 98 valence electrons. The fourth-order valence-electron chi connectivity index (χ4n) is 1.88. The molecule has 0 saturated heterocycles. The van der Waals surface area contributed by atoms with Gasteiger partial charge in [-0.2, -0.15) is 5.10 Å². The Labute approximate surface area is 111 Å². The number of nitrogens with zero attached hydrogens (tertiary/aromatic N) is 4. The molecule has 1 unspecified atom stereocenters. The molecule has 0 fully saturated rings. The van der Waals surface area contributed by atoms with Gasteiger partial charge >= 0.3 is 0 Å². The maximum Gasteiger partial charge on any atom is 0.138 e. The molecule has 0 bridgehead atoms. The van der Waals surface area contributed by atoms with Crippen molar-refractivity contribution in [2.24, 2.45) is 5.92 Å². The minimum absolute atomic E-state index is 0.200. The predicted octanol–water partition coefficient (Wildman–Crippen LogP) is 1.89. The Hall–Kier alpha value is -1.27. The molecule has 2 aromatic heterocycles. The molecule has 2 aromatic rings.